The highest BCUT2D eigenvalue weighted by Crippen LogP contribution is 2.31. The molecule has 0 amide bonds. The number of primary sulfonamides is 1. The molecule has 0 aliphatic heterocycles. The lowest BCUT2D eigenvalue weighted by molar-refractivity contribution is 0.598. The molecule has 0 atom stereocenters. The third-order valence-corrected chi connectivity index (χ3v) is 5.10. The van der Waals surface area contributed by atoms with Gasteiger partial charge in [0.2, 0.25) is 10.0 Å². The highest BCUT2D eigenvalue weighted by molar-refractivity contribution is 7.89. The number of benzene rings is 2. The van der Waals surface area contributed by atoms with E-state index in [4.69, 9.17) is 16.7 Å². The van der Waals surface area contributed by atoms with Gasteiger partial charge in [-0.25, -0.2) is 13.6 Å². The Balaban J connectivity index is 2.17. The summed E-state index contributed by atoms with van der Waals surface area (Å²) in [5.74, 6) is 0. The van der Waals surface area contributed by atoms with Crippen molar-refractivity contribution in [2.45, 2.75) is 18.7 Å². The van der Waals surface area contributed by atoms with Gasteiger partial charge in [-0.1, -0.05) is 23.7 Å². The number of hydrogen-bond acceptors (Lipinski definition) is 2. The summed E-state index contributed by atoms with van der Waals surface area (Å²) in [4.78, 5) is 0.0980. The van der Waals surface area contributed by atoms with Gasteiger partial charge in [0.25, 0.3) is 0 Å². The first-order valence-corrected chi connectivity index (χ1v) is 9.28. The molecule has 124 valence electrons. The monoisotopic (exact) mass is 360 g/mol. The molecule has 0 aliphatic carbocycles. The topological polar surface area (TPSA) is 65.1 Å². The molecular formula is C18H17ClN2O2S. The van der Waals surface area contributed by atoms with E-state index in [1.165, 1.54) is 12.1 Å². The second kappa shape index (κ2) is 6.09. The van der Waals surface area contributed by atoms with Crippen LogP contribution in [0.4, 0.5) is 0 Å². The average molecular weight is 361 g/mol. The molecule has 3 rings (SSSR count). The second-order valence-corrected chi connectivity index (χ2v) is 7.70. The van der Waals surface area contributed by atoms with Gasteiger partial charge in [0.15, 0.2) is 0 Å². The van der Waals surface area contributed by atoms with E-state index in [1.54, 1.807) is 12.1 Å². The van der Waals surface area contributed by atoms with E-state index in [1.807, 2.05) is 38.1 Å². The predicted octanol–water partition coefficient (Wildman–Crippen LogP) is 4.06. The lowest BCUT2D eigenvalue weighted by Crippen LogP contribution is -2.12. The maximum Gasteiger partial charge on any atom is 0.238 e. The fourth-order valence-corrected chi connectivity index (χ4v) is 3.52. The Hall–Kier alpha value is -2.08. The third-order valence-electron chi connectivity index (χ3n) is 3.92. The molecule has 0 unspecified atom stereocenters. The van der Waals surface area contributed by atoms with E-state index in [9.17, 15) is 8.42 Å². The third kappa shape index (κ3) is 3.11. The molecule has 0 saturated carbocycles. The first-order chi connectivity index (χ1) is 11.3. The average Bonchev–Trinajstić information content (AvgIpc) is 2.82. The molecule has 0 fully saturated rings. The summed E-state index contributed by atoms with van der Waals surface area (Å²) < 4.78 is 24.9. The Morgan fingerprint density at radius 2 is 1.54 bits per heavy atom. The van der Waals surface area contributed by atoms with Crippen LogP contribution in [0.25, 0.3) is 16.9 Å². The molecule has 0 spiro atoms. The zero-order valence-electron chi connectivity index (χ0n) is 13.3. The molecular weight excluding hydrogens is 344 g/mol. The Morgan fingerprint density at radius 1 is 0.958 bits per heavy atom. The summed E-state index contributed by atoms with van der Waals surface area (Å²) in [5, 5.41) is 5.85. The molecule has 1 heterocycles. The molecule has 0 radical (unpaired) electrons. The van der Waals surface area contributed by atoms with Crippen LogP contribution < -0.4 is 5.14 Å². The first-order valence-electron chi connectivity index (χ1n) is 7.35. The number of rotatable bonds is 3. The number of aryl methyl sites for hydroxylation is 2. The van der Waals surface area contributed by atoms with Gasteiger partial charge in [-0.05, 0) is 67.4 Å². The van der Waals surface area contributed by atoms with Crippen LogP contribution in [0.2, 0.25) is 5.02 Å². The lowest BCUT2D eigenvalue weighted by Gasteiger charge is -2.13. The second-order valence-electron chi connectivity index (χ2n) is 5.70. The van der Waals surface area contributed by atoms with E-state index in [0.29, 0.717) is 5.02 Å². The molecule has 3 aromatic rings. The number of nitrogens with two attached hydrogens (primary N) is 1. The van der Waals surface area contributed by atoms with E-state index in [2.05, 4.69) is 10.6 Å². The van der Waals surface area contributed by atoms with Crippen molar-refractivity contribution >= 4 is 21.6 Å². The molecule has 2 N–H and O–H groups in total. The smallest absolute Gasteiger partial charge is 0.238 e. The molecule has 6 heteroatoms. The van der Waals surface area contributed by atoms with E-state index in [-0.39, 0.29) is 4.90 Å². The Kier molecular flexibility index (Phi) is 4.25. The van der Waals surface area contributed by atoms with Gasteiger partial charge in [-0.3, -0.25) is 0 Å². The van der Waals surface area contributed by atoms with Gasteiger partial charge < -0.3 is 4.57 Å². The predicted molar refractivity (Wildman–Crippen MR) is 97.1 cm³/mol. The van der Waals surface area contributed by atoms with Gasteiger partial charge in [-0.2, -0.15) is 0 Å². The van der Waals surface area contributed by atoms with Crippen molar-refractivity contribution in [2.75, 3.05) is 0 Å². The number of nitrogens with zero attached hydrogens (tertiary/aromatic N) is 1. The summed E-state index contributed by atoms with van der Waals surface area (Å²) in [7, 11) is -3.70. The van der Waals surface area contributed by atoms with Gasteiger partial charge >= 0.3 is 0 Å². The molecule has 0 aliphatic rings. The van der Waals surface area contributed by atoms with E-state index in [0.717, 1.165) is 28.2 Å². The highest BCUT2D eigenvalue weighted by atomic mass is 35.5. The normalized spacial score (nSPS) is 11.7. The SMILES string of the molecule is Cc1cc(C)n(-c2ccc(S(N)(=O)=O)cc2)c1-c1ccc(Cl)cc1. The van der Waals surface area contributed by atoms with Crippen molar-refractivity contribution in [3.63, 3.8) is 0 Å². The van der Waals surface area contributed by atoms with Crippen molar-refractivity contribution in [1.29, 1.82) is 0 Å². The van der Waals surface area contributed by atoms with Crippen molar-refractivity contribution in [3.05, 3.63) is 70.9 Å². The summed E-state index contributed by atoms with van der Waals surface area (Å²) in [6, 6.07) is 16.3. The minimum Gasteiger partial charge on any atom is -0.314 e. The van der Waals surface area contributed by atoms with Gasteiger partial charge in [0, 0.05) is 16.4 Å². The molecule has 2 aromatic carbocycles. The Bertz CT molecular complexity index is 989. The van der Waals surface area contributed by atoms with Crippen molar-refractivity contribution < 1.29 is 8.42 Å². The summed E-state index contributed by atoms with van der Waals surface area (Å²) in [6.07, 6.45) is 0. The van der Waals surface area contributed by atoms with Crippen molar-refractivity contribution in [3.8, 4) is 16.9 Å². The molecule has 24 heavy (non-hydrogen) atoms. The number of sulfonamides is 1. The standard InChI is InChI=1S/C18H17ClN2O2S/c1-12-11-13(2)21(18(12)14-3-5-15(19)6-4-14)16-7-9-17(10-8-16)24(20,22)23/h3-11H,1-2H3,(H2,20,22,23). The summed E-state index contributed by atoms with van der Waals surface area (Å²) >= 11 is 5.99. The number of aromatic nitrogens is 1. The number of halogens is 1. The van der Waals surface area contributed by atoms with Crippen LogP contribution in [0.3, 0.4) is 0 Å². The molecule has 4 nitrogen and oxygen atoms in total. The summed E-state index contributed by atoms with van der Waals surface area (Å²) in [5.41, 5.74) is 5.15. The fourth-order valence-electron chi connectivity index (χ4n) is 2.88. The van der Waals surface area contributed by atoms with Crippen LogP contribution in [0.15, 0.2) is 59.5 Å². The minimum atomic E-state index is -3.70. The molecule has 0 saturated heterocycles. The fraction of sp³-hybridized carbons (Fsp3) is 0.111. The Labute approximate surface area is 146 Å². The Morgan fingerprint density at radius 3 is 2.08 bits per heavy atom. The van der Waals surface area contributed by atoms with E-state index < -0.39 is 10.0 Å². The lowest BCUT2D eigenvalue weighted by atomic mass is 10.1. The zero-order chi connectivity index (χ0) is 17.5. The van der Waals surface area contributed by atoms with Gasteiger partial charge in [0.05, 0.1) is 10.6 Å². The number of hydrogen-bond donors (Lipinski definition) is 1. The van der Waals surface area contributed by atoms with Crippen molar-refractivity contribution in [1.82, 2.24) is 4.57 Å². The maximum atomic E-state index is 11.4. The summed E-state index contributed by atoms with van der Waals surface area (Å²) in [6.45, 7) is 4.06. The van der Waals surface area contributed by atoms with Crippen molar-refractivity contribution in [2.24, 2.45) is 5.14 Å². The molecule has 0 bridgehead atoms. The highest BCUT2D eigenvalue weighted by Gasteiger charge is 2.14. The largest absolute Gasteiger partial charge is 0.314 e. The van der Waals surface area contributed by atoms with Gasteiger partial charge in [-0.15, -0.1) is 0 Å². The first kappa shape index (κ1) is 16.8. The zero-order valence-corrected chi connectivity index (χ0v) is 14.9. The van der Waals surface area contributed by atoms with E-state index >= 15 is 0 Å². The minimum absolute atomic E-state index is 0.0980. The maximum absolute atomic E-state index is 11.4. The van der Waals surface area contributed by atoms with Crippen LogP contribution in [0, 0.1) is 13.8 Å². The van der Waals surface area contributed by atoms with Crippen LogP contribution in [0.5, 0.6) is 0 Å². The quantitative estimate of drug-likeness (QED) is 0.765. The molecule has 1 aromatic heterocycles. The van der Waals surface area contributed by atoms with Gasteiger partial charge in [0.1, 0.15) is 0 Å². The van der Waals surface area contributed by atoms with Crippen LogP contribution in [-0.4, -0.2) is 13.0 Å². The van der Waals surface area contributed by atoms with Crippen LogP contribution in [-0.2, 0) is 10.0 Å². The van der Waals surface area contributed by atoms with Crippen LogP contribution in [0.1, 0.15) is 11.3 Å². The van der Waals surface area contributed by atoms with Crippen LogP contribution >= 0.6 is 11.6 Å².